The third-order valence-electron chi connectivity index (χ3n) is 2.36. The summed E-state index contributed by atoms with van der Waals surface area (Å²) in [4.78, 5) is 0. The van der Waals surface area contributed by atoms with E-state index < -0.39 is 9.84 Å². The lowest BCUT2D eigenvalue weighted by Gasteiger charge is -2.20. The Morgan fingerprint density at radius 3 is 2.76 bits per heavy atom. The molecule has 0 fully saturated rings. The Morgan fingerprint density at radius 2 is 2.12 bits per heavy atom. The van der Waals surface area contributed by atoms with Crippen LogP contribution >= 0.6 is 11.3 Å². The summed E-state index contributed by atoms with van der Waals surface area (Å²) in [5.74, 6) is 0.158. The second kappa shape index (κ2) is 4.10. The summed E-state index contributed by atoms with van der Waals surface area (Å²) in [5.41, 5.74) is 4.54. The van der Waals surface area contributed by atoms with Crippen molar-refractivity contribution >= 4 is 26.9 Å². The summed E-state index contributed by atoms with van der Waals surface area (Å²) in [6.07, 6.45) is 0.481. The second-order valence-electron chi connectivity index (χ2n) is 5.11. The SMILES string of the molecule is CC(C)(C)NN=C1CCS(=O)(=O)c2sccc21. The van der Waals surface area contributed by atoms with Crippen molar-refractivity contribution in [2.45, 2.75) is 36.9 Å². The van der Waals surface area contributed by atoms with E-state index in [4.69, 9.17) is 0 Å². The van der Waals surface area contributed by atoms with E-state index in [1.165, 1.54) is 11.3 Å². The molecule has 6 heteroatoms. The van der Waals surface area contributed by atoms with Gasteiger partial charge in [0, 0.05) is 17.5 Å². The highest BCUT2D eigenvalue weighted by atomic mass is 32.2. The molecule has 2 heterocycles. The largest absolute Gasteiger partial charge is 0.305 e. The summed E-state index contributed by atoms with van der Waals surface area (Å²) in [7, 11) is -3.08. The molecule has 1 aliphatic heterocycles. The summed E-state index contributed by atoms with van der Waals surface area (Å²) in [6.45, 7) is 6.06. The topological polar surface area (TPSA) is 58.5 Å². The Bertz CT molecular complexity index is 550. The molecule has 0 atom stereocenters. The number of rotatable bonds is 1. The molecule has 1 aromatic heterocycles. The summed E-state index contributed by atoms with van der Waals surface area (Å²) in [5, 5.41) is 6.15. The van der Waals surface area contributed by atoms with Gasteiger partial charge in [-0.25, -0.2) is 8.42 Å². The van der Waals surface area contributed by atoms with E-state index in [2.05, 4.69) is 10.5 Å². The highest BCUT2D eigenvalue weighted by Gasteiger charge is 2.29. The summed E-state index contributed by atoms with van der Waals surface area (Å²) < 4.78 is 24.1. The molecule has 0 radical (unpaired) electrons. The standard InChI is InChI=1S/C11H16N2O2S2/c1-11(2,3)13-12-9-5-7-17(14,15)10-8(9)4-6-16-10/h4,6,13H,5,7H2,1-3H3. The van der Waals surface area contributed by atoms with Gasteiger partial charge in [0.15, 0.2) is 9.84 Å². The van der Waals surface area contributed by atoms with Gasteiger partial charge in [-0.05, 0) is 32.2 Å². The Balaban J connectivity index is 2.37. The molecule has 1 aliphatic rings. The van der Waals surface area contributed by atoms with E-state index in [0.29, 0.717) is 10.6 Å². The third-order valence-corrected chi connectivity index (χ3v) is 5.64. The molecule has 17 heavy (non-hydrogen) atoms. The van der Waals surface area contributed by atoms with Crippen LogP contribution in [0.4, 0.5) is 0 Å². The van der Waals surface area contributed by atoms with Gasteiger partial charge in [0.1, 0.15) is 4.21 Å². The highest BCUT2D eigenvalue weighted by Crippen LogP contribution is 2.30. The van der Waals surface area contributed by atoms with Gasteiger partial charge in [-0.1, -0.05) is 0 Å². The highest BCUT2D eigenvalue weighted by molar-refractivity contribution is 7.93. The minimum Gasteiger partial charge on any atom is -0.305 e. The average Bonchev–Trinajstić information content (AvgIpc) is 2.65. The van der Waals surface area contributed by atoms with Gasteiger partial charge in [-0.15, -0.1) is 11.3 Å². The predicted octanol–water partition coefficient (Wildman–Crippen LogP) is 2.02. The number of thiophene rings is 1. The quantitative estimate of drug-likeness (QED) is 0.796. The van der Waals surface area contributed by atoms with E-state index in [1.807, 2.05) is 26.8 Å². The van der Waals surface area contributed by atoms with Crippen molar-refractivity contribution in [3.8, 4) is 0 Å². The van der Waals surface area contributed by atoms with Gasteiger partial charge < -0.3 is 5.43 Å². The van der Waals surface area contributed by atoms with E-state index in [1.54, 1.807) is 5.38 Å². The minimum atomic E-state index is -3.08. The lowest BCUT2D eigenvalue weighted by atomic mass is 10.1. The van der Waals surface area contributed by atoms with E-state index in [-0.39, 0.29) is 11.3 Å². The first kappa shape index (κ1) is 12.6. The second-order valence-corrected chi connectivity index (χ2v) is 8.33. The average molecular weight is 272 g/mol. The number of fused-ring (bicyclic) bond motifs is 1. The Hall–Kier alpha value is -0.880. The smallest absolute Gasteiger partial charge is 0.188 e. The van der Waals surface area contributed by atoms with Gasteiger partial charge in [0.05, 0.1) is 11.5 Å². The fraction of sp³-hybridized carbons (Fsp3) is 0.545. The first-order valence-corrected chi connectivity index (χ1v) is 7.97. The van der Waals surface area contributed by atoms with Crippen molar-refractivity contribution in [1.82, 2.24) is 5.43 Å². The molecule has 94 valence electrons. The fourth-order valence-corrected chi connectivity index (χ4v) is 4.37. The maximum atomic E-state index is 11.8. The Kier molecular flexibility index (Phi) is 3.03. The first-order valence-electron chi connectivity index (χ1n) is 5.44. The molecule has 0 aromatic carbocycles. The van der Waals surface area contributed by atoms with Gasteiger partial charge >= 0.3 is 0 Å². The molecule has 0 aliphatic carbocycles. The normalized spacial score (nSPS) is 21.2. The minimum absolute atomic E-state index is 0.112. The zero-order chi connectivity index (χ0) is 12.7. The monoisotopic (exact) mass is 272 g/mol. The van der Waals surface area contributed by atoms with Crippen LogP contribution in [0.5, 0.6) is 0 Å². The molecule has 0 saturated carbocycles. The van der Waals surface area contributed by atoms with Crippen LogP contribution < -0.4 is 5.43 Å². The summed E-state index contributed by atoms with van der Waals surface area (Å²) >= 11 is 1.27. The number of sulfone groups is 1. The van der Waals surface area contributed by atoms with Crippen LogP contribution in [0.25, 0.3) is 0 Å². The van der Waals surface area contributed by atoms with Gasteiger partial charge in [0.25, 0.3) is 0 Å². The van der Waals surface area contributed by atoms with Gasteiger partial charge in [0.2, 0.25) is 0 Å². The number of nitrogens with zero attached hydrogens (tertiary/aromatic N) is 1. The Labute approximate surface area is 106 Å². The third kappa shape index (κ3) is 2.69. The van der Waals surface area contributed by atoms with Crippen LogP contribution in [0.15, 0.2) is 20.8 Å². The molecule has 1 N–H and O–H groups in total. The fourth-order valence-electron chi connectivity index (χ4n) is 1.56. The zero-order valence-electron chi connectivity index (χ0n) is 10.1. The molecule has 0 spiro atoms. The van der Waals surface area contributed by atoms with Crippen molar-refractivity contribution in [2.24, 2.45) is 5.10 Å². The van der Waals surface area contributed by atoms with Crippen LogP contribution in [-0.2, 0) is 9.84 Å². The maximum absolute atomic E-state index is 11.8. The molecule has 0 bridgehead atoms. The summed E-state index contributed by atoms with van der Waals surface area (Å²) in [6, 6.07) is 1.83. The maximum Gasteiger partial charge on any atom is 0.188 e. The Morgan fingerprint density at radius 1 is 1.41 bits per heavy atom. The number of hydrazone groups is 1. The molecular weight excluding hydrogens is 256 g/mol. The first-order chi connectivity index (χ1) is 7.80. The molecule has 4 nitrogen and oxygen atoms in total. The molecule has 0 saturated heterocycles. The molecule has 0 amide bonds. The van der Waals surface area contributed by atoms with E-state index >= 15 is 0 Å². The van der Waals surface area contributed by atoms with Crippen LogP contribution in [0.1, 0.15) is 32.8 Å². The van der Waals surface area contributed by atoms with Crippen molar-refractivity contribution in [3.05, 3.63) is 17.0 Å². The zero-order valence-corrected chi connectivity index (χ0v) is 11.8. The van der Waals surface area contributed by atoms with Gasteiger partial charge in [-0.3, -0.25) is 0 Å². The van der Waals surface area contributed by atoms with Crippen molar-refractivity contribution in [2.75, 3.05) is 5.75 Å². The molecule has 1 aromatic rings. The van der Waals surface area contributed by atoms with Crippen LogP contribution in [0.3, 0.4) is 0 Å². The van der Waals surface area contributed by atoms with Crippen LogP contribution in [0.2, 0.25) is 0 Å². The molecule has 0 unspecified atom stereocenters. The number of hydrogen-bond acceptors (Lipinski definition) is 5. The van der Waals surface area contributed by atoms with Crippen LogP contribution in [0, 0.1) is 0 Å². The molecule has 2 rings (SSSR count). The molecular formula is C11H16N2O2S2. The number of nitrogens with one attached hydrogen (secondary N) is 1. The lowest BCUT2D eigenvalue weighted by molar-refractivity contribution is 0.440. The van der Waals surface area contributed by atoms with Gasteiger partial charge in [-0.2, -0.15) is 5.10 Å². The predicted molar refractivity (Wildman–Crippen MR) is 70.4 cm³/mol. The van der Waals surface area contributed by atoms with E-state index in [0.717, 1.165) is 11.3 Å². The van der Waals surface area contributed by atoms with Crippen LogP contribution in [-0.4, -0.2) is 25.4 Å². The van der Waals surface area contributed by atoms with E-state index in [9.17, 15) is 8.42 Å². The lowest BCUT2D eigenvalue weighted by Crippen LogP contribution is -2.33. The van der Waals surface area contributed by atoms with Crippen molar-refractivity contribution in [1.29, 1.82) is 0 Å². The van der Waals surface area contributed by atoms with Crippen molar-refractivity contribution in [3.63, 3.8) is 0 Å². The van der Waals surface area contributed by atoms with Crippen molar-refractivity contribution < 1.29 is 8.42 Å². The number of hydrogen-bond donors (Lipinski definition) is 1.